The predicted octanol–water partition coefficient (Wildman–Crippen LogP) is 1.11. The van der Waals surface area contributed by atoms with Crippen molar-refractivity contribution >= 4 is 15.6 Å². The summed E-state index contributed by atoms with van der Waals surface area (Å²) in [4.78, 5) is 34.7. The minimum absolute atomic E-state index is 0.413. The summed E-state index contributed by atoms with van der Waals surface area (Å²) in [7, 11) is -9.69. The maximum Gasteiger partial charge on any atom is 0.471 e. The summed E-state index contributed by atoms with van der Waals surface area (Å²) >= 11 is 0. The Hall–Kier alpha value is 0.220. The zero-order valence-electron chi connectivity index (χ0n) is 9.01. The van der Waals surface area contributed by atoms with Crippen molar-refractivity contribution in [3.05, 3.63) is 0 Å². The van der Waals surface area contributed by atoms with Crippen molar-refractivity contribution < 1.29 is 37.8 Å². The predicted molar refractivity (Wildman–Crippen MR) is 56.6 cm³/mol. The Bertz CT molecular complexity index is 303. The first-order valence-electron chi connectivity index (χ1n) is 5.15. The van der Waals surface area contributed by atoms with E-state index in [-0.39, 0.29) is 0 Å². The fourth-order valence-electron chi connectivity index (χ4n) is 1.87. The fraction of sp³-hybridized carbons (Fsp3) is 1.00. The van der Waals surface area contributed by atoms with Gasteiger partial charge in [0, 0.05) is 5.92 Å². The van der Waals surface area contributed by atoms with Crippen LogP contribution in [0.5, 0.6) is 0 Å². The molecule has 0 aromatic heterocycles. The van der Waals surface area contributed by atoms with Gasteiger partial charge in [0.05, 0.1) is 0 Å². The van der Waals surface area contributed by atoms with Gasteiger partial charge >= 0.3 is 15.6 Å². The van der Waals surface area contributed by atoms with Crippen LogP contribution in [0.2, 0.25) is 0 Å². The standard InChI is InChI=1S/C7H16O8P2/c8-16(9,10)14-7(15-17(11,12)13)6-4-2-1-3-5-6/h6-7H,1-5H2,(H2,8,9,10)(H2,11,12,13). The molecular weight excluding hydrogens is 274 g/mol. The van der Waals surface area contributed by atoms with E-state index in [0.717, 1.165) is 19.3 Å². The zero-order valence-corrected chi connectivity index (χ0v) is 10.8. The summed E-state index contributed by atoms with van der Waals surface area (Å²) in [6.45, 7) is 0. The molecule has 102 valence electrons. The topological polar surface area (TPSA) is 134 Å². The molecule has 0 spiro atoms. The van der Waals surface area contributed by atoms with E-state index in [1.807, 2.05) is 0 Å². The minimum Gasteiger partial charge on any atom is -0.303 e. The first-order valence-corrected chi connectivity index (χ1v) is 8.21. The quantitative estimate of drug-likeness (QED) is 0.437. The Morgan fingerprint density at radius 2 is 1.29 bits per heavy atom. The van der Waals surface area contributed by atoms with E-state index < -0.39 is 27.9 Å². The van der Waals surface area contributed by atoms with Gasteiger partial charge in [0.15, 0.2) is 6.29 Å². The molecule has 0 atom stereocenters. The van der Waals surface area contributed by atoms with E-state index in [2.05, 4.69) is 9.05 Å². The van der Waals surface area contributed by atoms with Gasteiger partial charge in [-0.2, -0.15) is 0 Å². The number of phosphoric acid groups is 2. The maximum atomic E-state index is 10.7. The molecule has 1 rings (SSSR count). The molecule has 10 heteroatoms. The molecule has 4 N–H and O–H groups in total. The molecule has 1 aliphatic rings. The molecule has 0 aliphatic heterocycles. The van der Waals surface area contributed by atoms with Crippen molar-refractivity contribution in [2.45, 2.75) is 38.4 Å². The number of hydrogen-bond donors (Lipinski definition) is 4. The van der Waals surface area contributed by atoms with Gasteiger partial charge in [-0.25, -0.2) is 9.13 Å². The first kappa shape index (κ1) is 15.3. The summed E-state index contributed by atoms with van der Waals surface area (Å²) < 4.78 is 30.0. The van der Waals surface area contributed by atoms with Crippen molar-refractivity contribution in [2.75, 3.05) is 0 Å². The van der Waals surface area contributed by atoms with E-state index in [4.69, 9.17) is 19.6 Å². The van der Waals surface area contributed by atoms with Gasteiger partial charge in [0.25, 0.3) is 0 Å². The average Bonchev–Trinajstić information content (AvgIpc) is 2.14. The van der Waals surface area contributed by atoms with Crippen LogP contribution >= 0.6 is 15.6 Å². The smallest absolute Gasteiger partial charge is 0.303 e. The van der Waals surface area contributed by atoms with Crippen molar-refractivity contribution in [1.82, 2.24) is 0 Å². The highest BCUT2D eigenvalue weighted by Gasteiger charge is 2.35. The monoisotopic (exact) mass is 290 g/mol. The SMILES string of the molecule is O=P(O)(O)OC(OP(=O)(O)O)C1CCCCC1. The molecule has 0 radical (unpaired) electrons. The van der Waals surface area contributed by atoms with Crippen LogP contribution in [0.15, 0.2) is 0 Å². The average molecular weight is 290 g/mol. The van der Waals surface area contributed by atoms with Crippen molar-refractivity contribution in [1.29, 1.82) is 0 Å². The summed E-state index contributed by atoms with van der Waals surface area (Å²) in [6.07, 6.45) is 2.16. The van der Waals surface area contributed by atoms with E-state index in [9.17, 15) is 9.13 Å². The normalized spacial score (nSPS) is 19.8. The number of hydrogen-bond acceptors (Lipinski definition) is 4. The molecular formula is C7H16O8P2. The largest absolute Gasteiger partial charge is 0.471 e. The van der Waals surface area contributed by atoms with E-state index in [0.29, 0.717) is 12.8 Å². The maximum absolute atomic E-state index is 10.7. The van der Waals surface area contributed by atoms with E-state index >= 15 is 0 Å². The second kappa shape index (κ2) is 5.91. The van der Waals surface area contributed by atoms with Gasteiger partial charge in [-0.3, -0.25) is 9.05 Å². The molecule has 17 heavy (non-hydrogen) atoms. The van der Waals surface area contributed by atoms with Crippen molar-refractivity contribution in [3.8, 4) is 0 Å². The van der Waals surface area contributed by atoms with Crippen LogP contribution in [0.3, 0.4) is 0 Å². The zero-order chi connectivity index (χ0) is 13.1. The second-order valence-corrected chi connectivity index (χ2v) is 6.34. The molecule has 0 amide bonds. The summed E-state index contributed by atoms with van der Waals surface area (Å²) in [6, 6.07) is 0. The van der Waals surface area contributed by atoms with Crippen LogP contribution in [0.1, 0.15) is 32.1 Å². The second-order valence-electron chi connectivity index (χ2n) is 3.96. The van der Waals surface area contributed by atoms with Crippen LogP contribution in [0.4, 0.5) is 0 Å². The Balaban J connectivity index is 2.70. The van der Waals surface area contributed by atoms with Crippen LogP contribution in [0.25, 0.3) is 0 Å². The molecule has 0 heterocycles. The molecule has 1 aliphatic carbocycles. The Morgan fingerprint density at radius 3 is 1.65 bits per heavy atom. The lowest BCUT2D eigenvalue weighted by atomic mass is 9.89. The van der Waals surface area contributed by atoms with E-state index in [1.165, 1.54) is 0 Å². The highest BCUT2D eigenvalue weighted by atomic mass is 31.2. The highest BCUT2D eigenvalue weighted by molar-refractivity contribution is 7.47. The lowest BCUT2D eigenvalue weighted by Crippen LogP contribution is -2.27. The first-order chi connectivity index (χ1) is 7.67. The fourth-order valence-corrected chi connectivity index (χ4v) is 2.91. The Kier molecular flexibility index (Phi) is 5.31. The molecule has 0 bridgehead atoms. The minimum atomic E-state index is -4.84. The third-order valence-electron chi connectivity index (χ3n) is 2.52. The van der Waals surface area contributed by atoms with Crippen LogP contribution < -0.4 is 0 Å². The van der Waals surface area contributed by atoms with Gasteiger partial charge in [-0.05, 0) is 12.8 Å². The third-order valence-corrected chi connectivity index (χ3v) is 3.48. The van der Waals surface area contributed by atoms with Crippen LogP contribution in [0, 0.1) is 5.92 Å². The van der Waals surface area contributed by atoms with Gasteiger partial charge in [-0.1, -0.05) is 19.3 Å². The summed E-state index contributed by atoms with van der Waals surface area (Å²) in [5, 5.41) is 0. The van der Waals surface area contributed by atoms with Gasteiger partial charge in [0.2, 0.25) is 0 Å². The molecule has 0 saturated heterocycles. The lowest BCUT2D eigenvalue weighted by molar-refractivity contribution is -0.0799. The highest BCUT2D eigenvalue weighted by Crippen LogP contribution is 2.48. The Labute approximate surface area is 98.4 Å². The van der Waals surface area contributed by atoms with Gasteiger partial charge in [0.1, 0.15) is 0 Å². The van der Waals surface area contributed by atoms with Crippen LogP contribution in [-0.2, 0) is 18.2 Å². The molecule has 0 aromatic rings. The summed E-state index contributed by atoms with van der Waals surface area (Å²) in [5.74, 6) is -0.413. The Morgan fingerprint density at radius 1 is 0.882 bits per heavy atom. The van der Waals surface area contributed by atoms with Crippen molar-refractivity contribution in [3.63, 3.8) is 0 Å². The number of rotatable bonds is 5. The lowest BCUT2D eigenvalue weighted by Gasteiger charge is -2.29. The van der Waals surface area contributed by atoms with Crippen molar-refractivity contribution in [2.24, 2.45) is 5.92 Å². The van der Waals surface area contributed by atoms with Gasteiger partial charge in [-0.15, -0.1) is 0 Å². The molecule has 1 saturated carbocycles. The third kappa shape index (κ3) is 6.64. The van der Waals surface area contributed by atoms with Gasteiger partial charge < -0.3 is 19.6 Å². The number of phosphoric ester groups is 2. The summed E-state index contributed by atoms with van der Waals surface area (Å²) in [5.41, 5.74) is 0. The molecule has 0 unspecified atom stereocenters. The van der Waals surface area contributed by atoms with Crippen LogP contribution in [-0.4, -0.2) is 25.9 Å². The molecule has 8 nitrogen and oxygen atoms in total. The molecule has 0 aromatic carbocycles. The van der Waals surface area contributed by atoms with E-state index in [1.54, 1.807) is 0 Å². The molecule has 1 fully saturated rings.